The number of hydrogen-bond donors (Lipinski definition) is 1. The number of halogens is 3. The zero-order valence-corrected chi connectivity index (χ0v) is 10.9. The van der Waals surface area contributed by atoms with Crippen molar-refractivity contribution in [2.24, 2.45) is 17.8 Å². The molecule has 0 aromatic heterocycles. The summed E-state index contributed by atoms with van der Waals surface area (Å²) in [7, 11) is 1.06. The Kier molecular flexibility index (Phi) is 4.81. The third kappa shape index (κ3) is 4.11. The van der Waals surface area contributed by atoms with Gasteiger partial charge < -0.3 is 10.0 Å². The lowest BCUT2D eigenvalue weighted by atomic mass is 9.95. The number of carbonyl (C=O) groups is 2. The second-order valence-corrected chi connectivity index (χ2v) is 5.11. The number of carboxylic acids is 1. The van der Waals surface area contributed by atoms with Crippen molar-refractivity contribution in [2.45, 2.75) is 32.4 Å². The predicted molar refractivity (Wildman–Crippen MR) is 61.3 cm³/mol. The van der Waals surface area contributed by atoms with Gasteiger partial charge in [0.25, 0.3) is 0 Å². The summed E-state index contributed by atoms with van der Waals surface area (Å²) in [6.07, 6.45) is -3.01. The molecule has 0 aliphatic heterocycles. The molecule has 1 unspecified atom stereocenters. The molecular weight excluding hydrogens is 263 g/mol. The molecule has 110 valence electrons. The first-order chi connectivity index (χ1) is 8.65. The van der Waals surface area contributed by atoms with Crippen LogP contribution in [0.15, 0.2) is 0 Å². The second kappa shape index (κ2) is 5.79. The zero-order valence-electron chi connectivity index (χ0n) is 10.9. The van der Waals surface area contributed by atoms with Crippen molar-refractivity contribution in [1.29, 1.82) is 0 Å². The van der Waals surface area contributed by atoms with Crippen molar-refractivity contribution in [3.63, 3.8) is 0 Å². The number of nitrogens with zero attached hydrogens (tertiary/aromatic N) is 1. The largest absolute Gasteiger partial charge is 0.481 e. The van der Waals surface area contributed by atoms with Gasteiger partial charge in [-0.05, 0) is 18.8 Å². The van der Waals surface area contributed by atoms with Crippen LogP contribution in [0, 0.1) is 17.8 Å². The Morgan fingerprint density at radius 1 is 1.26 bits per heavy atom. The van der Waals surface area contributed by atoms with E-state index in [2.05, 4.69) is 0 Å². The summed E-state index contributed by atoms with van der Waals surface area (Å²) in [4.78, 5) is 23.6. The van der Waals surface area contributed by atoms with Crippen LogP contribution in [0.2, 0.25) is 0 Å². The molecule has 0 aromatic rings. The van der Waals surface area contributed by atoms with E-state index >= 15 is 0 Å². The monoisotopic (exact) mass is 281 g/mol. The lowest BCUT2D eigenvalue weighted by Crippen LogP contribution is -2.41. The number of alkyl halides is 3. The SMILES string of the molecule is CCC1C[C@H](C(=O)N(C)CC(F)(F)F)[C@H](C(=O)O)C1. The number of carboxylic acid groups (broad SMARTS) is 1. The molecule has 1 fully saturated rings. The maximum absolute atomic E-state index is 12.2. The summed E-state index contributed by atoms with van der Waals surface area (Å²) in [5, 5.41) is 9.07. The van der Waals surface area contributed by atoms with E-state index in [9.17, 15) is 22.8 Å². The summed E-state index contributed by atoms with van der Waals surface area (Å²) in [6, 6.07) is 0. The number of aliphatic carboxylic acids is 1. The molecule has 0 bridgehead atoms. The number of carbonyl (C=O) groups excluding carboxylic acids is 1. The number of hydrogen-bond acceptors (Lipinski definition) is 2. The fourth-order valence-electron chi connectivity index (χ4n) is 2.65. The first kappa shape index (κ1) is 15.8. The quantitative estimate of drug-likeness (QED) is 0.859. The van der Waals surface area contributed by atoms with Gasteiger partial charge in [0.1, 0.15) is 6.54 Å². The Morgan fingerprint density at radius 2 is 1.79 bits per heavy atom. The third-order valence-corrected chi connectivity index (χ3v) is 3.66. The smallest absolute Gasteiger partial charge is 0.406 e. The van der Waals surface area contributed by atoms with Crippen LogP contribution >= 0.6 is 0 Å². The van der Waals surface area contributed by atoms with E-state index in [0.29, 0.717) is 17.7 Å². The minimum atomic E-state index is -4.47. The molecule has 3 atom stereocenters. The molecule has 0 saturated heterocycles. The molecule has 4 nitrogen and oxygen atoms in total. The van der Waals surface area contributed by atoms with Crippen LogP contribution in [0.1, 0.15) is 26.2 Å². The Balaban J connectivity index is 2.76. The van der Waals surface area contributed by atoms with Gasteiger partial charge in [0.15, 0.2) is 0 Å². The van der Waals surface area contributed by atoms with Gasteiger partial charge in [0.05, 0.1) is 11.8 Å². The van der Waals surface area contributed by atoms with Gasteiger partial charge in [0, 0.05) is 7.05 Å². The predicted octanol–water partition coefficient (Wildman–Crippen LogP) is 2.14. The Labute approximate surface area is 109 Å². The van der Waals surface area contributed by atoms with Crippen molar-refractivity contribution >= 4 is 11.9 Å². The molecule has 1 saturated carbocycles. The van der Waals surface area contributed by atoms with Crippen LogP contribution < -0.4 is 0 Å². The molecule has 1 amide bonds. The maximum atomic E-state index is 12.2. The molecule has 0 heterocycles. The molecule has 19 heavy (non-hydrogen) atoms. The molecule has 1 rings (SSSR count). The van der Waals surface area contributed by atoms with E-state index in [1.165, 1.54) is 0 Å². The van der Waals surface area contributed by atoms with Crippen LogP contribution in [-0.2, 0) is 9.59 Å². The highest BCUT2D eigenvalue weighted by Crippen LogP contribution is 2.39. The second-order valence-electron chi connectivity index (χ2n) is 5.11. The highest BCUT2D eigenvalue weighted by molar-refractivity contribution is 5.85. The summed E-state index contributed by atoms with van der Waals surface area (Å²) in [5.41, 5.74) is 0. The van der Waals surface area contributed by atoms with Crippen molar-refractivity contribution in [2.75, 3.05) is 13.6 Å². The highest BCUT2D eigenvalue weighted by atomic mass is 19.4. The van der Waals surface area contributed by atoms with E-state index in [1.807, 2.05) is 6.92 Å². The first-order valence-corrected chi connectivity index (χ1v) is 6.20. The summed E-state index contributed by atoms with van der Waals surface area (Å²) >= 11 is 0. The lowest BCUT2D eigenvalue weighted by Gasteiger charge is -2.24. The Hall–Kier alpha value is -1.27. The van der Waals surface area contributed by atoms with Crippen LogP contribution in [0.25, 0.3) is 0 Å². The molecule has 1 N–H and O–H groups in total. The Bertz CT molecular complexity index is 357. The summed E-state index contributed by atoms with van der Waals surface area (Å²) in [5.74, 6) is -3.44. The van der Waals surface area contributed by atoms with E-state index < -0.39 is 36.4 Å². The van der Waals surface area contributed by atoms with Gasteiger partial charge in [-0.25, -0.2) is 0 Å². The van der Waals surface area contributed by atoms with E-state index in [1.54, 1.807) is 0 Å². The van der Waals surface area contributed by atoms with Crippen LogP contribution in [0.3, 0.4) is 0 Å². The zero-order chi connectivity index (χ0) is 14.8. The lowest BCUT2D eigenvalue weighted by molar-refractivity contribution is -0.163. The van der Waals surface area contributed by atoms with Crippen LogP contribution in [0.4, 0.5) is 13.2 Å². The molecule has 1 aliphatic rings. The standard InChI is InChI=1S/C12H18F3NO3/c1-3-7-4-8(9(5-7)11(18)19)10(17)16(2)6-12(13,14)15/h7-9H,3-6H2,1-2H3,(H,18,19)/t7?,8-,9+/m0/s1. The molecule has 7 heteroatoms. The van der Waals surface area contributed by atoms with E-state index in [-0.39, 0.29) is 5.92 Å². The van der Waals surface area contributed by atoms with Crippen molar-refractivity contribution in [3.05, 3.63) is 0 Å². The van der Waals surface area contributed by atoms with Gasteiger partial charge in [-0.3, -0.25) is 9.59 Å². The van der Waals surface area contributed by atoms with Crippen molar-refractivity contribution in [1.82, 2.24) is 4.90 Å². The summed E-state index contributed by atoms with van der Waals surface area (Å²) in [6.45, 7) is 0.543. The van der Waals surface area contributed by atoms with Gasteiger partial charge in [-0.2, -0.15) is 13.2 Å². The molecule has 0 aromatic carbocycles. The van der Waals surface area contributed by atoms with Gasteiger partial charge in [-0.15, -0.1) is 0 Å². The van der Waals surface area contributed by atoms with E-state index in [0.717, 1.165) is 13.5 Å². The van der Waals surface area contributed by atoms with Crippen LogP contribution in [-0.4, -0.2) is 41.7 Å². The molecular formula is C12H18F3NO3. The fourth-order valence-corrected chi connectivity index (χ4v) is 2.65. The minimum absolute atomic E-state index is 0.0920. The van der Waals surface area contributed by atoms with Gasteiger partial charge >= 0.3 is 12.1 Å². The normalized spacial score (nSPS) is 27.3. The minimum Gasteiger partial charge on any atom is -0.481 e. The van der Waals surface area contributed by atoms with Crippen LogP contribution in [0.5, 0.6) is 0 Å². The number of amides is 1. The van der Waals surface area contributed by atoms with E-state index in [4.69, 9.17) is 5.11 Å². The van der Waals surface area contributed by atoms with Crippen molar-refractivity contribution < 1.29 is 27.9 Å². The first-order valence-electron chi connectivity index (χ1n) is 6.20. The average molecular weight is 281 g/mol. The topological polar surface area (TPSA) is 57.6 Å². The molecule has 0 spiro atoms. The summed E-state index contributed by atoms with van der Waals surface area (Å²) < 4.78 is 36.7. The molecule has 0 radical (unpaired) electrons. The van der Waals surface area contributed by atoms with Crippen molar-refractivity contribution in [3.8, 4) is 0 Å². The fraction of sp³-hybridized carbons (Fsp3) is 0.833. The maximum Gasteiger partial charge on any atom is 0.406 e. The van der Waals surface area contributed by atoms with Gasteiger partial charge in [0.2, 0.25) is 5.91 Å². The third-order valence-electron chi connectivity index (χ3n) is 3.66. The Morgan fingerprint density at radius 3 is 2.21 bits per heavy atom. The molecule has 1 aliphatic carbocycles. The average Bonchev–Trinajstić information content (AvgIpc) is 2.69. The number of rotatable bonds is 4. The van der Waals surface area contributed by atoms with Gasteiger partial charge in [-0.1, -0.05) is 13.3 Å². The highest BCUT2D eigenvalue weighted by Gasteiger charge is 2.44.